The van der Waals surface area contributed by atoms with Crippen LogP contribution in [0.3, 0.4) is 0 Å². The molecule has 0 fully saturated rings. The smallest absolute Gasteiger partial charge is 0.252 e. The fraction of sp³-hybridized carbons (Fsp3) is 0.333. The molecule has 12 heavy (non-hydrogen) atoms. The number of aromatic amines is 1. The van der Waals surface area contributed by atoms with E-state index in [1.165, 1.54) is 13.2 Å². The molecule has 0 unspecified atom stereocenters. The number of anilines is 1. The Morgan fingerprint density at radius 1 is 1.83 bits per heavy atom. The fourth-order valence-corrected chi connectivity index (χ4v) is 0.798. The standard InChI is InChI=1S/C6H10N4O2/c1-12-3-4-2-5(11)9-6(8-4)10-7/h2H,3,7H2,1H3,(H2,8,9,10,11). The van der Waals surface area contributed by atoms with Gasteiger partial charge in [-0.05, 0) is 0 Å². The third kappa shape index (κ3) is 2.04. The van der Waals surface area contributed by atoms with Crippen LogP contribution in [0.15, 0.2) is 10.9 Å². The van der Waals surface area contributed by atoms with Crippen LogP contribution < -0.4 is 16.8 Å². The van der Waals surface area contributed by atoms with E-state index in [0.717, 1.165) is 0 Å². The highest BCUT2D eigenvalue weighted by Crippen LogP contribution is 1.95. The van der Waals surface area contributed by atoms with Crippen LogP contribution in [-0.2, 0) is 11.3 Å². The third-order valence-corrected chi connectivity index (χ3v) is 1.22. The number of nitrogens with two attached hydrogens (primary N) is 1. The number of nitrogen functional groups attached to an aromatic ring is 1. The first-order chi connectivity index (χ1) is 5.76. The minimum Gasteiger partial charge on any atom is -0.378 e. The van der Waals surface area contributed by atoms with Gasteiger partial charge >= 0.3 is 0 Å². The molecular formula is C6H10N4O2. The molecule has 0 amide bonds. The van der Waals surface area contributed by atoms with E-state index in [-0.39, 0.29) is 11.5 Å². The summed E-state index contributed by atoms with van der Waals surface area (Å²) >= 11 is 0. The van der Waals surface area contributed by atoms with Crippen LogP contribution in [0, 0.1) is 0 Å². The molecule has 4 N–H and O–H groups in total. The van der Waals surface area contributed by atoms with Gasteiger partial charge in [-0.2, -0.15) is 0 Å². The molecule has 1 heterocycles. The number of H-pyrrole nitrogens is 1. The van der Waals surface area contributed by atoms with E-state index >= 15 is 0 Å². The average Bonchev–Trinajstić information content (AvgIpc) is 2.04. The van der Waals surface area contributed by atoms with Crippen molar-refractivity contribution in [3.63, 3.8) is 0 Å². The number of methoxy groups -OCH3 is 1. The molecule has 0 saturated carbocycles. The first kappa shape index (κ1) is 8.69. The van der Waals surface area contributed by atoms with Crippen molar-refractivity contribution < 1.29 is 4.74 Å². The second-order valence-electron chi connectivity index (χ2n) is 2.16. The van der Waals surface area contributed by atoms with Gasteiger partial charge in [0.2, 0.25) is 5.95 Å². The average molecular weight is 170 g/mol. The summed E-state index contributed by atoms with van der Waals surface area (Å²) in [5.41, 5.74) is 2.52. The minimum absolute atomic E-state index is 0.231. The summed E-state index contributed by atoms with van der Waals surface area (Å²) in [6, 6.07) is 1.35. The highest BCUT2D eigenvalue weighted by atomic mass is 16.5. The SMILES string of the molecule is COCc1cc(=O)[nH]c(NN)n1. The lowest BCUT2D eigenvalue weighted by Gasteiger charge is -2.01. The van der Waals surface area contributed by atoms with E-state index in [4.69, 9.17) is 10.6 Å². The van der Waals surface area contributed by atoms with Crippen molar-refractivity contribution in [2.24, 2.45) is 5.84 Å². The Hall–Kier alpha value is -1.40. The highest BCUT2D eigenvalue weighted by molar-refractivity contribution is 5.22. The first-order valence-electron chi connectivity index (χ1n) is 3.32. The number of hydrazine groups is 1. The van der Waals surface area contributed by atoms with Gasteiger partial charge < -0.3 is 4.74 Å². The number of rotatable bonds is 3. The maximum Gasteiger partial charge on any atom is 0.252 e. The van der Waals surface area contributed by atoms with Crippen molar-refractivity contribution in [2.75, 3.05) is 12.5 Å². The zero-order chi connectivity index (χ0) is 8.97. The van der Waals surface area contributed by atoms with Crippen LogP contribution in [-0.4, -0.2) is 17.1 Å². The molecule has 1 aromatic heterocycles. The van der Waals surface area contributed by atoms with Crippen LogP contribution in [0.2, 0.25) is 0 Å². The van der Waals surface area contributed by atoms with E-state index in [0.29, 0.717) is 12.3 Å². The molecule has 0 aliphatic rings. The Bertz CT molecular complexity index is 309. The zero-order valence-corrected chi connectivity index (χ0v) is 6.63. The monoisotopic (exact) mass is 170 g/mol. The molecule has 0 aliphatic heterocycles. The molecular weight excluding hydrogens is 160 g/mol. The van der Waals surface area contributed by atoms with Crippen molar-refractivity contribution in [1.29, 1.82) is 0 Å². The number of aromatic nitrogens is 2. The molecule has 0 spiro atoms. The molecule has 6 nitrogen and oxygen atoms in total. The van der Waals surface area contributed by atoms with E-state index in [1.807, 2.05) is 0 Å². The van der Waals surface area contributed by atoms with Crippen molar-refractivity contribution in [2.45, 2.75) is 6.61 Å². The Balaban J connectivity index is 2.98. The number of nitrogens with one attached hydrogen (secondary N) is 2. The quantitative estimate of drug-likeness (QED) is 0.408. The summed E-state index contributed by atoms with van der Waals surface area (Å²) < 4.78 is 4.80. The van der Waals surface area contributed by atoms with Crippen LogP contribution in [0.4, 0.5) is 5.95 Å². The predicted molar refractivity (Wildman–Crippen MR) is 43.4 cm³/mol. The van der Waals surface area contributed by atoms with Crippen LogP contribution in [0.25, 0.3) is 0 Å². The lowest BCUT2D eigenvalue weighted by atomic mass is 10.4. The van der Waals surface area contributed by atoms with E-state index in [9.17, 15) is 4.79 Å². The van der Waals surface area contributed by atoms with Crippen LogP contribution >= 0.6 is 0 Å². The summed E-state index contributed by atoms with van der Waals surface area (Å²) in [6.45, 7) is 0.290. The number of ether oxygens (including phenoxy) is 1. The molecule has 0 bridgehead atoms. The molecule has 1 aromatic rings. The Labute approximate surface area is 68.7 Å². The van der Waals surface area contributed by atoms with Crippen molar-refractivity contribution >= 4 is 5.95 Å². The van der Waals surface area contributed by atoms with E-state index in [1.54, 1.807) is 0 Å². The van der Waals surface area contributed by atoms with Gasteiger partial charge in [-0.15, -0.1) is 0 Å². The number of hydrogen-bond donors (Lipinski definition) is 3. The summed E-state index contributed by atoms with van der Waals surface area (Å²) in [4.78, 5) is 17.2. The number of hydrogen-bond acceptors (Lipinski definition) is 5. The largest absolute Gasteiger partial charge is 0.378 e. The third-order valence-electron chi connectivity index (χ3n) is 1.22. The van der Waals surface area contributed by atoms with Crippen LogP contribution in [0.5, 0.6) is 0 Å². The van der Waals surface area contributed by atoms with Crippen LogP contribution in [0.1, 0.15) is 5.69 Å². The van der Waals surface area contributed by atoms with Crippen molar-refractivity contribution in [3.8, 4) is 0 Å². The molecule has 1 rings (SSSR count). The van der Waals surface area contributed by atoms with Gasteiger partial charge in [0.1, 0.15) is 0 Å². The molecule has 0 aromatic carbocycles. The maximum atomic E-state index is 10.9. The summed E-state index contributed by atoms with van der Waals surface area (Å²) in [5.74, 6) is 5.29. The molecule has 0 atom stereocenters. The Morgan fingerprint density at radius 3 is 3.17 bits per heavy atom. The van der Waals surface area contributed by atoms with Gasteiger partial charge in [0.25, 0.3) is 5.56 Å². The van der Waals surface area contributed by atoms with Gasteiger partial charge in [-0.3, -0.25) is 15.2 Å². The minimum atomic E-state index is -0.259. The first-order valence-corrected chi connectivity index (χ1v) is 3.32. The molecule has 0 radical (unpaired) electrons. The molecule has 0 saturated heterocycles. The van der Waals surface area contributed by atoms with Gasteiger partial charge in [0.05, 0.1) is 12.3 Å². The topological polar surface area (TPSA) is 93.0 Å². The van der Waals surface area contributed by atoms with E-state index in [2.05, 4.69) is 15.4 Å². The summed E-state index contributed by atoms with van der Waals surface area (Å²) in [6.07, 6.45) is 0. The van der Waals surface area contributed by atoms with Gasteiger partial charge in [0.15, 0.2) is 0 Å². The lowest BCUT2D eigenvalue weighted by molar-refractivity contribution is 0.181. The highest BCUT2D eigenvalue weighted by Gasteiger charge is 1.98. The summed E-state index contributed by atoms with van der Waals surface area (Å²) in [7, 11) is 1.53. The summed E-state index contributed by atoms with van der Waals surface area (Å²) in [5, 5.41) is 0. The maximum absolute atomic E-state index is 10.9. The van der Waals surface area contributed by atoms with Gasteiger partial charge in [0, 0.05) is 13.2 Å². The second kappa shape index (κ2) is 3.84. The predicted octanol–water partition coefficient (Wildman–Crippen LogP) is -0.798. The second-order valence-corrected chi connectivity index (χ2v) is 2.16. The van der Waals surface area contributed by atoms with Gasteiger partial charge in [-0.1, -0.05) is 0 Å². The molecule has 66 valence electrons. The zero-order valence-electron chi connectivity index (χ0n) is 6.63. The normalized spacial score (nSPS) is 9.83. The molecule has 6 heteroatoms. The fourth-order valence-electron chi connectivity index (χ4n) is 0.798. The Kier molecular flexibility index (Phi) is 2.78. The van der Waals surface area contributed by atoms with Crippen molar-refractivity contribution in [1.82, 2.24) is 9.97 Å². The van der Waals surface area contributed by atoms with Gasteiger partial charge in [-0.25, -0.2) is 10.8 Å². The number of nitrogens with zero attached hydrogens (tertiary/aromatic N) is 1. The Morgan fingerprint density at radius 2 is 2.58 bits per heavy atom. The van der Waals surface area contributed by atoms with E-state index < -0.39 is 0 Å². The van der Waals surface area contributed by atoms with Crippen molar-refractivity contribution in [3.05, 3.63) is 22.1 Å². The lowest BCUT2D eigenvalue weighted by Crippen LogP contribution is -2.17. The molecule has 0 aliphatic carbocycles.